The van der Waals surface area contributed by atoms with E-state index in [0.29, 0.717) is 11.9 Å². The lowest BCUT2D eigenvalue weighted by Gasteiger charge is -2.31. The van der Waals surface area contributed by atoms with E-state index in [-0.39, 0.29) is 5.92 Å². The molecule has 22 heavy (non-hydrogen) atoms. The summed E-state index contributed by atoms with van der Waals surface area (Å²) < 4.78 is 0. The second kappa shape index (κ2) is 6.04. The fourth-order valence-corrected chi connectivity index (χ4v) is 4.64. The number of nitrogens with zero attached hydrogens (tertiary/aromatic N) is 2. The predicted octanol–water partition coefficient (Wildman–Crippen LogP) is 2.80. The molecule has 0 unspecified atom stereocenters. The molecule has 118 valence electrons. The van der Waals surface area contributed by atoms with Crippen LogP contribution in [-0.4, -0.2) is 47.9 Å². The summed E-state index contributed by atoms with van der Waals surface area (Å²) in [4.78, 5) is 17.9. The molecule has 2 saturated heterocycles. The minimum absolute atomic E-state index is 0.109. The molecular weight excluding hydrogens is 272 g/mol. The molecule has 1 aromatic carbocycles. The molecule has 1 aliphatic carbocycles. The van der Waals surface area contributed by atoms with Crippen LogP contribution >= 0.6 is 0 Å². The summed E-state index contributed by atoms with van der Waals surface area (Å²) >= 11 is 0. The molecule has 0 spiro atoms. The van der Waals surface area contributed by atoms with Gasteiger partial charge in [-0.25, -0.2) is 0 Å². The Labute approximate surface area is 133 Å². The highest BCUT2D eigenvalue weighted by Crippen LogP contribution is 2.33. The first-order valence-electron chi connectivity index (χ1n) is 8.93. The molecule has 4 rings (SSSR count). The Balaban J connectivity index is 1.54. The zero-order valence-electron chi connectivity index (χ0n) is 13.3. The third kappa shape index (κ3) is 2.56. The van der Waals surface area contributed by atoms with Crippen LogP contribution in [0.4, 0.5) is 0 Å². The van der Waals surface area contributed by atoms with Crippen molar-refractivity contribution in [3.05, 3.63) is 35.4 Å². The minimum Gasteiger partial charge on any atom is -0.341 e. The average Bonchev–Trinajstić information content (AvgIpc) is 2.90. The van der Waals surface area contributed by atoms with Gasteiger partial charge < -0.3 is 4.90 Å². The van der Waals surface area contributed by atoms with Gasteiger partial charge >= 0.3 is 0 Å². The van der Waals surface area contributed by atoms with Crippen molar-refractivity contribution in [1.82, 2.24) is 9.80 Å². The highest BCUT2D eigenvalue weighted by molar-refractivity contribution is 5.84. The summed E-state index contributed by atoms with van der Waals surface area (Å²) in [6, 6.07) is 9.19. The van der Waals surface area contributed by atoms with Crippen LogP contribution in [0.2, 0.25) is 0 Å². The zero-order chi connectivity index (χ0) is 14.9. The standard InChI is InChI=1S/C19H26N2O/c22-19(18-10-3-7-15-6-1-2-9-17(15)18)21-13-5-12-20-11-4-8-16(20)14-21/h1-2,6,9,16,18H,3-5,7-8,10-14H2/t16-,18-/m1/s1. The van der Waals surface area contributed by atoms with Gasteiger partial charge in [0.1, 0.15) is 0 Å². The molecule has 3 heteroatoms. The SMILES string of the molecule is O=C([C@@H]1CCCc2ccccc21)N1CCCN2CCC[C@@H]2C1. The Morgan fingerprint density at radius 2 is 1.86 bits per heavy atom. The number of fused-ring (bicyclic) bond motifs is 2. The predicted molar refractivity (Wildman–Crippen MR) is 87.9 cm³/mol. The largest absolute Gasteiger partial charge is 0.341 e. The maximum atomic E-state index is 13.2. The summed E-state index contributed by atoms with van der Waals surface area (Å²) in [7, 11) is 0. The van der Waals surface area contributed by atoms with Crippen molar-refractivity contribution in [2.75, 3.05) is 26.2 Å². The Morgan fingerprint density at radius 1 is 1.00 bits per heavy atom. The quantitative estimate of drug-likeness (QED) is 0.796. The summed E-state index contributed by atoms with van der Waals surface area (Å²) in [6.45, 7) is 4.32. The van der Waals surface area contributed by atoms with Crippen LogP contribution in [0.5, 0.6) is 0 Å². The van der Waals surface area contributed by atoms with Gasteiger partial charge in [0.05, 0.1) is 5.92 Å². The van der Waals surface area contributed by atoms with Crippen molar-refractivity contribution in [2.45, 2.75) is 50.5 Å². The van der Waals surface area contributed by atoms with E-state index in [1.54, 1.807) is 0 Å². The molecule has 1 aromatic rings. The molecule has 2 fully saturated rings. The van der Waals surface area contributed by atoms with E-state index in [1.165, 1.54) is 37.1 Å². The van der Waals surface area contributed by atoms with Gasteiger partial charge in [-0.2, -0.15) is 0 Å². The number of benzene rings is 1. The van der Waals surface area contributed by atoms with Crippen molar-refractivity contribution in [3.8, 4) is 0 Å². The fraction of sp³-hybridized carbons (Fsp3) is 0.632. The van der Waals surface area contributed by atoms with Crippen molar-refractivity contribution in [3.63, 3.8) is 0 Å². The first kappa shape index (κ1) is 14.3. The van der Waals surface area contributed by atoms with Gasteiger partial charge in [-0.15, -0.1) is 0 Å². The Morgan fingerprint density at radius 3 is 2.82 bits per heavy atom. The number of carbonyl (C=O) groups is 1. The smallest absolute Gasteiger partial charge is 0.230 e. The van der Waals surface area contributed by atoms with E-state index in [9.17, 15) is 4.79 Å². The summed E-state index contributed by atoms with van der Waals surface area (Å²) in [5, 5.41) is 0. The molecule has 3 aliphatic rings. The van der Waals surface area contributed by atoms with Crippen LogP contribution in [0.3, 0.4) is 0 Å². The van der Waals surface area contributed by atoms with Crippen LogP contribution in [0.1, 0.15) is 49.1 Å². The lowest BCUT2D eigenvalue weighted by molar-refractivity contribution is -0.133. The molecule has 2 aliphatic heterocycles. The number of hydrogen-bond donors (Lipinski definition) is 0. The van der Waals surface area contributed by atoms with Crippen LogP contribution < -0.4 is 0 Å². The van der Waals surface area contributed by atoms with Crippen molar-refractivity contribution in [2.24, 2.45) is 0 Å². The molecule has 3 nitrogen and oxygen atoms in total. The maximum absolute atomic E-state index is 13.2. The van der Waals surface area contributed by atoms with Crippen molar-refractivity contribution >= 4 is 5.91 Å². The van der Waals surface area contributed by atoms with Gasteiger partial charge in [-0.3, -0.25) is 9.69 Å². The number of carbonyl (C=O) groups excluding carboxylic acids is 1. The van der Waals surface area contributed by atoms with E-state index in [1.807, 2.05) is 0 Å². The van der Waals surface area contributed by atoms with Crippen molar-refractivity contribution < 1.29 is 4.79 Å². The van der Waals surface area contributed by atoms with E-state index in [2.05, 4.69) is 34.1 Å². The molecule has 0 bridgehead atoms. The third-order valence-corrected chi connectivity index (χ3v) is 5.78. The molecule has 0 N–H and O–H groups in total. The van der Waals surface area contributed by atoms with E-state index < -0.39 is 0 Å². The zero-order valence-corrected chi connectivity index (χ0v) is 13.3. The second-order valence-electron chi connectivity index (χ2n) is 7.11. The van der Waals surface area contributed by atoms with Gasteiger partial charge in [0.15, 0.2) is 0 Å². The highest BCUT2D eigenvalue weighted by atomic mass is 16.2. The summed E-state index contributed by atoms with van der Waals surface area (Å²) in [5.74, 6) is 0.499. The molecule has 2 atom stereocenters. The van der Waals surface area contributed by atoms with E-state index in [4.69, 9.17) is 0 Å². The number of amides is 1. The van der Waals surface area contributed by atoms with Gasteiger partial charge in [0.2, 0.25) is 5.91 Å². The summed E-state index contributed by atoms with van der Waals surface area (Å²) in [6.07, 6.45) is 7.02. The van der Waals surface area contributed by atoms with Crippen LogP contribution in [0.25, 0.3) is 0 Å². The fourth-order valence-electron chi connectivity index (χ4n) is 4.64. The Kier molecular flexibility index (Phi) is 3.91. The minimum atomic E-state index is 0.109. The van der Waals surface area contributed by atoms with Gasteiger partial charge in [0.25, 0.3) is 0 Å². The van der Waals surface area contributed by atoms with Crippen LogP contribution in [-0.2, 0) is 11.2 Å². The third-order valence-electron chi connectivity index (χ3n) is 5.78. The monoisotopic (exact) mass is 298 g/mol. The van der Waals surface area contributed by atoms with E-state index >= 15 is 0 Å². The number of aryl methyl sites for hydroxylation is 1. The first-order valence-corrected chi connectivity index (χ1v) is 8.93. The Hall–Kier alpha value is -1.35. The second-order valence-corrected chi connectivity index (χ2v) is 7.11. The lowest BCUT2D eigenvalue weighted by Crippen LogP contribution is -2.42. The maximum Gasteiger partial charge on any atom is 0.230 e. The van der Waals surface area contributed by atoms with Gasteiger partial charge in [-0.05, 0) is 56.2 Å². The van der Waals surface area contributed by atoms with Crippen LogP contribution in [0.15, 0.2) is 24.3 Å². The molecule has 0 aromatic heterocycles. The van der Waals surface area contributed by atoms with E-state index in [0.717, 1.165) is 38.8 Å². The van der Waals surface area contributed by atoms with Crippen LogP contribution in [0, 0.1) is 0 Å². The van der Waals surface area contributed by atoms with Gasteiger partial charge in [0, 0.05) is 25.7 Å². The topological polar surface area (TPSA) is 23.6 Å². The summed E-state index contributed by atoms with van der Waals surface area (Å²) in [5.41, 5.74) is 2.69. The molecule has 0 saturated carbocycles. The molecular formula is C19H26N2O. The highest BCUT2D eigenvalue weighted by Gasteiger charge is 2.34. The van der Waals surface area contributed by atoms with Crippen molar-refractivity contribution in [1.29, 1.82) is 0 Å². The normalized spacial score (nSPS) is 28.8. The first-order chi connectivity index (χ1) is 10.8. The molecule has 0 radical (unpaired) electrons. The molecule has 2 heterocycles. The Bertz CT molecular complexity index is 556. The lowest BCUT2D eigenvalue weighted by atomic mass is 9.82. The number of hydrogen-bond acceptors (Lipinski definition) is 2. The van der Waals surface area contributed by atoms with Gasteiger partial charge in [-0.1, -0.05) is 24.3 Å². The number of rotatable bonds is 1. The average molecular weight is 298 g/mol. The molecule has 1 amide bonds.